The van der Waals surface area contributed by atoms with Crippen LogP contribution in [0.4, 0.5) is 0 Å². The molecule has 2 aromatic rings. The highest BCUT2D eigenvalue weighted by Gasteiger charge is 2.19. The molecule has 0 bridgehead atoms. The molecule has 5 heteroatoms. The first kappa shape index (κ1) is 15.5. The lowest BCUT2D eigenvalue weighted by Crippen LogP contribution is -2.19. The van der Waals surface area contributed by atoms with Gasteiger partial charge in [-0.1, -0.05) is 12.1 Å². The molecule has 1 heterocycles. The number of carbonyl (C=O) groups is 1. The number of nitrogens with one attached hydrogen (secondary N) is 1. The zero-order chi connectivity index (χ0) is 16.1. The number of hydrogen-bond acceptors (Lipinski definition) is 4. The van der Waals surface area contributed by atoms with Crippen molar-refractivity contribution in [3.05, 3.63) is 53.7 Å². The fourth-order valence-corrected chi connectivity index (χ4v) is 2.29. The van der Waals surface area contributed by atoms with Crippen LogP contribution in [0.1, 0.15) is 28.8 Å². The average molecular weight is 311 g/mol. The van der Waals surface area contributed by atoms with Crippen molar-refractivity contribution in [1.29, 1.82) is 0 Å². The summed E-state index contributed by atoms with van der Waals surface area (Å²) >= 11 is 0. The summed E-state index contributed by atoms with van der Waals surface area (Å²) in [5.41, 5.74) is 6.82. The Labute approximate surface area is 135 Å². The Bertz CT molecular complexity index is 649. The largest absolute Gasteiger partial charge is 0.439 e. The van der Waals surface area contributed by atoms with E-state index < -0.39 is 5.91 Å². The summed E-state index contributed by atoms with van der Waals surface area (Å²) in [6, 6.07) is 11.2. The molecule has 1 saturated carbocycles. The number of benzene rings is 1. The van der Waals surface area contributed by atoms with Gasteiger partial charge in [-0.3, -0.25) is 4.79 Å². The molecule has 5 nitrogen and oxygen atoms in total. The Morgan fingerprint density at radius 2 is 2.00 bits per heavy atom. The predicted octanol–water partition coefficient (Wildman–Crippen LogP) is 2.51. The van der Waals surface area contributed by atoms with Crippen molar-refractivity contribution < 1.29 is 9.53 Å². The zero-order valence-electron chi connectivity index (χ0n) is 13.0. The number of rotatable bonds is 8. The summed E-state index contributed by atoms with van der Waals surface area (Å²) in [6.45, 7) is 2.15. The highest BCUT2D eigenvalue weighted by Crippen LogP contribution is 2.27. The van der Waals surface area contributed by atoms with Crippen molar-refractivity contribution in [3.8, 4) is 11.6 Å². The molecule has 3 rings (SSSR count). The van der Waals surface area contributed by atoms with Gasteiger partial charge in [-0.2, -0.15) is 0 Å². The average Bonchev–Trinajstić information content (AvgIpc) is 3.38. The summed E-state index contributed by atoms with van der Waals surface area (Å²) in [6.07, 6.45) is 5.19. The van der Waals surface area contributed by atoms with Crippen LogP contribution in [0.2, 0.25) is 0 Å². The van der Waals surface area contributed by atoms with Crippen molar-refractivity contribution in [3.63, 3.8) is 0 Å². The summed E-state index contributed by atoms with van der Waals surface area (Å²) in [4.78, 5) is 15.1. The fraction of sp³-hybridized carbons (Fsp3) is 0.333. The number of primary amides is 1. The fourth-order valence-electron chi connectivity index (χ4n) is 2.29. The molecule has 0 saturated heterocycles. The lowest BCUT2D eigenvalue weighted by Gasteiger charge is -2.07. The van der Waals surface area contributed by atoms with Crippen LogP contribution < -0.4 is 15.8 Å². The molecule has 3 N–H and O–H groups in total. The van der Waals surface area contributed by atoms with E-state index >= 15 is 0 Å². The topological polar surface area (TPSA) is 77.2 Å². The van der Waals surface area contributed by atoms with E-state index in [1.54, 1.807) is 12.1 Å². The molecule has 1 aromatic heterocycles. The second-order valence-corrected chi connectivity index (χ2v) is 5.89. The summed E-state index contributed by atoms with van der Waals surface area (Å²) < 4.78 is 5.65. The van der Waals surface area contributed by atoms with Gasteiger partial charge in [-0.15, -0.1) is 0 Å². The van der Waals surface area contributed by atoms with E-state index in [1.807, 2.05) is 12.1 Å². The molecule has 0 unspecified atom stereocenters. The van der Waals surface area contributed by atoms with Gasteiger partial charge in [0.25, 0.3) is 0 Å². The standard InChI is InChI=1S/C18H21N3O2/c19-18(22)15-5-8-17(21-12-15)23-16-6-3-13(4-7-16)9-10-20-11-14-1-2-14/h3-8,12,14,20H,1-2,9-11H2,(H2,19,22). The van der Waals surface area contributed by atoms with Crippen molar-refractivity contribution in [2.75, 3.05) is 13.1 Å². The highest BCUT2D eigenvalue weighted by molar-refractivity contribution is 5.92. The maximum absolute atomic E-state index is 11.0. The van der Waals surface area contributed by atoms with Gasteiger partial charge in [0.1, 0.15) is 5.75 Å². The third-order valence-electron chi connectivity index (χ3n) is 3.89. The second kappa shape index (κ2) is 7.24. The molecule has 23 heavy (non-hydrogen) atoms. The van der Waals surface area contributed by atoms with Gasteiger partial charge < -0.3 is 15.8 Å². The second-order valence-electron chi connectivity index (χ2n) is 5.89. The van der Waals surface area contributed by atoms with Gasteiger partial charge in [0.05, 0.1) is 5.56 Å². The Kier molecular flexibility index (Phi) is 4.88. The van der Waals surface area contributed by atoms with Crippen molar-refractivity contribution in [2.24, 2.45) is 11.7 Å². The zero-order valence-corrected chi connectivity index (χ0v) is 13.0. The Morgan fingerprint density at radius 3 is 2.61 bits per heavy atom. The smallest absolute Gasteiger partial charge is 0.250 e. The van der Waals surface area contributed by atoms with Crippen LogP contribution in [0.3, 0.4) is 0 Å². The third kappa shape index (κ3) is 4.79. The molecule has 0 radical (unpaired) electrons. The van der Waals surface area contributed by atoms with E-state index in [4.69, 9.17) is 10.5 Å². The van der Waals surface area contributed by atoms with Crippen LogP contribution in [-0.2, 0) is 6.42 Å². The van der Waals surface area contributed by atoms with E-state index in [2.05, 4.69) is 22.4 Å². The minimum atomic E-state index is -0.497. The van der Waals surface area contributed by atoms with Crippen molar-refractivity contribution in [1.82, 2.24) is 10.3 Å². The van der Waals surface area contributed by atoms with E-state index in [1.165, 1.54) is 24.6 Å². The van der Waals surface area contributed by atoms with E-state index in [0.717, 1.165) is 31.2 Å². The number of hydrogen-bond donors (Lipinski definition) is 2. The molecule has 0 spiro atoms. The van der Waals surface area contributed by atoms with Gasteiger partial charge >= 0.3 is 0 Å². The van der Waals surface area contributed by atoms with E-state index in [-0.39, 0.29) is 0 Å². The van der Waals surface area contributed by atoms with Crippen molar-refractivity contribution in [2.45, 2.75) is 19.3 Å². The molecular weight excluding hydrogens is 290 g/mol. The van der Waals surface area contributed by atoms with Gasteiger partial charge in [0, 0.05) is 12.3 Å². The first-order chi connectivity index (χ1) is 11.2. The number of aromatic nitrogens is 1. The quantitative estimate of drug-likeness (QED) is 0.734. The van der Waals surface area contributed by atoms with E-state index in [9.17, 15) is 4.79 Å². The van der Waals surface area contributed by atoms with Gasteiger partial charge in [0.2, 0.25) is 11.8 Å². The van der Waals surface area contributed by atoms with Crippen LogP contribution in [0.5, 0.6) is 11.6 Å². The van der Waals surface area contributed by atoms with Crippen LogP contribution in [0.15, 0.2) is 42.6 Å². The highest BCUT2D eigenvalue weighted by atomic mass is 16.5. The van der Waals surface area contributed by atoms with Crippen LogP contribution in [0, 0.1) is 5.92 Å². The maximum atomic E-state index is 11.0. The van der Waals surface area contributed by atoms with Crippen LogP contribution in [0.25, 0.3) is 0 Å². The van der Waals surface area contributed by atoms with Gasteiger partial charge in [-0.25, -0.2) is 4.98 Å². The van der Waals surface area contributed by atoms with Crippen molar-refractivity contribution >= 4 is 5.91 Å². The Hall–Kier alpha value is -2.40. The SMILES string of the molecule is NC(=O)c1ccc(Oc2ccc(CCNCC3CC3)cc2)nc1. The van der Waals surface area contributed by atoms with E-state index in [0.29, 0.717) is 11.4 Å². The monoisotopic (exact) mass is 311 g/mol. The lowest BCUT2D eigenvalue weighted by atomic mass is 10.1. The van der Waals surface area contributed by atoms with Gasteiger partial charge in [0.15, 0.2) is 0 Å². The molecular formula is C18H21N3O2. The molecule has 1 aromatic carbocycles. The first-order valence-corrected chi connectivity index (χ1v) is 7.94. The third-order valence-corrected chi connectivity index (χ3v) is 3.89. The molecule has 0 atom stereocenters. The lowest BCUT2D eigenvalue weighted by molar-refractivity contribution is 0.1000. The maximum Gasteiger partial charge on any atom is 0.250 e. The van der Waals surface area contributed by atoms with Gasteiger partial charge in [-0.05, 0) is 62.0 Å². The minimum absolute atomic E-state index is 0.367. The molecule has 1 amide bonds. The predicted molar refractivity (Wildman–Crippen MR) is 88.6 cm³/mol. The number of amides is 1. The number of carbonyl (C=O) groups excluding carboxylic acids is 1. The molecule has 0 aliphatic heterocycles. The molecule has 1 aliphatic carbocycles. The molecule has 1 fully saturated rings. The number of nitrogens with two attached hydrogens (primary N) is 1. The summed E-state index contributed by atoms with van der Waals surface area (Å²) in [5.74, 6) is 1.58. The minimum Gasteiger partial charge on any atom is -0.439 e. The molecule has 1 aliphatic rings. The first-order valence-electron chi connectivity index (χ1n) is 7.94. The Morgan fingerprint density at radius 1 is 1.22 bits per heavy atom. The number of pyridine rings is 1. The normalized spacial score (nSPS) is 13.7. The van der Waals surface area contributed by atoms with Crippen LogP contribution >= 0.6 is 0 Å². The summed E-state index contributed by atoms with van der Waals surface area (Å²) in [7, 11) is 0. The summed E-state index contributed by atoms with van der Waals surface area (Å²) in [5, 5.41) is 3.49. The molecule has 120 valence electrons. The number of nitrogens with zero attached hydrogens (tertiary/aromatic N) is 1. The Balaban J connectivity index is 1.49. The van der Waals surface area contributed by atoms with Crippen LogP contribution in [-0.4, -0.2) is 24.0 Å². The number of ether oxygens (including phenoxy) is 1.